The van der Waals surface area contributed by atoms with Crippen LogP contribution in [0.1, 0.15) is 37.0 Å². The molecule has 0 heterocycles. The maximum atomic E-state index is 12.3. The van der Waals surface area contributed by atoms with E-state index in [0.717, 1.165) is 12.8 Å². The molecule has 1 aliphatic rings. The number of nitrogens with one attached hydrogen (secondary N) is 2. The highest BCUT2D eigenvalue weighted by atomic mass is 16.6. The standard InChI is InChI=1S/C13H18N4O3/c1-13(2,8-6-7-8)15-12(18)9-4-3-5-10(17(19)20)11(9)16-14/h3-5,8,16H,6-7,14H2,1-2H3,(H,15,18). The van der Waals surface area contributed by atoms with Gasteiger partial charge in [-0.25, -0.2) is 0 Å². The summed E-state index contributed by atoms with van der Waals surface area (Å²) in [6.45, 7) is 3.91. The zero-order chi connectivity index (χ0) is 14.9. The third-order valence-corrected chi connectivity index (χ3v) is 3.66. The van der Waals surface area contributed by atoms with Gasteiger partial charge in [0.1, 0.15) is 5.69 Å². The number of nitrogens with two attached hydrogens (primary N) is 1. The fourth-order valence-electron chi connectivity index (χ4n) is 2.30. The number of nitrogen functional groups attached to an aromatic ring is 1. The smallest absolute Gasteiger partial charge is 0.294 e. The second-order valence-corrected chi connectivity index (χ2v) is 5.55. The number of nitro groups is 1. The van der Waals surface area contributed by atoms with Crippen LogP contribution in [0.3, 0.4) is 0 Å². The van der Waals surface area contributed by atoms with Crippen molar-refractivity contribution < 1.29 is 9.72 Å². The van der Waals surface area contributed by atoms with Crippen molar-refractivity contribution in [3.8, 4) is 0 Å². The molecule has 1 aromatic rings. The van der Waals surface area contributed by atoms with E-state index in [9.17, 15) is 14.9 Å². The first-order valence-corrected chi connectivity index (χ1v) is 6.43. The molecule has 20 heavy (non-hydrogen) atoms. The minimum Gasteiger partial charge on any atom is -0.347 e. The fourth-order valence-corrected chi connectivity index (χ4v) is 2.30. The van der Waals surface area contributed by atoms with E-state index in [2.05, 4.69) is 10.7 Å². The van der Waals surface area contributed by atoms with E-state index in [4.69, 9.17) is 5.84 Å². The van der Waals surface area contributed by atoms with E-state index >= 15 is 0 Å². The third-order valence-electron chi connectivity index (χ3n) is 3.66. The molecule has 7 heteroatoms. The molecule has 1 amide bonds. The number of hydrogen-bond acceptors (Lipinski definition) is 5. The van der Waals surface area contributed by atoms with Crippen LogP contribution in [0.5, 0.6) is 0 Å². The zero-order valence-corrected chi connectivity index (χ0v) is 11.5. The van der Waals surface area contributed by atoms with Crippen molar-refractivity contribution in [1.82, 2.24) is 5.32 Å². The lowest BCUT2D eigenvalue weighted by molar-refractivity contribution is -0.384. The summed E-state index contributed by atoms with van der Waals surface area (Å²) in [6, 6.07) is 4.29. The number of rotatable bonds is 5. The molecule has 0 aromatic heterocycles. The maximum absolute atomic E-state index is 12.3. The number of carbonyl (C=O) groups excluding carboxylic acids is 1. The molecule has 4 N–H and O–H groups in total. The average molecular weight is 278 g/mol. The van der Waals surface area contributed by atoms with Gasteiger partial charge in [0.15, 0.2) is 0 Å². The van der Waals surface area contributed by atoms with E-state index in [1.54, 1.807) is 0 Å². The second-order valence-electron chi connectivity index (χ2n) is 5.55. The number of amides is 1. The summed E-state index contributed by atoms with van der Waals surface area (Å²) in [5, 5.41) is 13.9. The Morgan fingerprint density at radius 3 is 2.60 bits per heavy atom. The zero-order valence-electron chi connectivity index (χ0n) is 11.5. The Morgan fingerprint density at radius 2 is 2.10 bits per heavy atom. The number of hydrogen-bond donors (Lipinski definition) is 3. The SMILES string of the molecule is CC(C)(NC(=O)c1cccc([N+](=O)[O-])c1NN)C1CC1. The summed E-state index contributed by atoms with van der Waals surface area (Å²) in [4.78, 5) is 22.7. The van der Waals surface area contributed by atoms with E-state index < -0.39 is 4.92 Å². The van der Waals surface area contributed by atoms with Crippen molar-refractivity contribution in [2.75, 3.05) is 5.43 Å². The summed E-state index contributed by atoms with van der Waals surface area (Å²) in [6.07, 6.45) is 2.18. The van der Waals surface area contributed by atoms with E-state index in [1.807, 2.05) is 13.8 Å². The lowest BCUT2D eigenvalue weighted by atomic mass is 9.98. The summed E-state index contributed by atoms with van der Waals surface area (Å²) < 4.78 is 0. The van der Waals surface area contributed by atoms with Gasteiger partial charge in [-0.2, -0.15) is 0 Å². The molecule has 0 spiro atoms. The Balaban J connectivity index is 2.29. The maximum Gasteiger partial charge on any atom is 0.294 e. The lowest BCUT2D eigenvalue weighted by Gasteiger charge is -2.26. The number of nitrogens with zero attached hydrogens (tertiary/aromatic N) is 1. The summed E-state index contributed by atoms with van der Waals surface area (Å²) in [5.74, 6) is 5.42. The first kappa shape index (κ1) is 14.3. The van der Waals surface area contributed by atoms with Crippen LogP contribution in [0.4, 0.5) is 11.4 Å². The molecular weight excluding hydrogens is 260 g/mol. The predicted octanol–water partition coefficient (Wildman–Crippen LogP) is 1.80. The number of anilines is 1. The predicted molar refractivity (Wildman–Crippen MR) is 75.2 cm³/mol. The van der Waals surface area contributed by atoms with Gasteiger partial charge < -0.3 is 10.7 Å². The fraction of sp³-hybridized carbons (Fsp3) is 0.462. The Labute approximate surface area is 116 Å². The van der Waals surface area contributed by atoms with Gasteiger partial charge in [0.05, 0.1) is 10.5 Å². The molecule has 0 radical (unpaired) electrons. The minimum atomic E-state index is -0.571. The van der Waals surface area contributed by atoms with Crippen molar-refractivity contribution in [2.45, 2.75) is 32.2 Å². The summed E-state index contributed by atoms with van der Waals surface area (Å²) in [7, 11) is 0. The van der Waals surface area contributed by atoms with Crippen molar-refractivity contribution in [3.05, 3.63) is 33.9 Å². The average Bonchev–Trinajstić information content (AvgIpc) is 3.21. The number of nitro benzene ring substituents is 1. The van der Waals surface area contributed by atoms with E-state index in [1.165, 1.54) is 18.2 Å². The van der Waals surface area contributed by atoms with Crippen LogP contribution in [0.15, 0.2) is 18.2 Å². The Hall–Kier alpha value is -2.15. The van der Waals surface area contributed by atoms with Gasteiger partial charge in [-0.3, -0.25) is 20.8 Å². The van der Waals surface area contributed by atoms with Crippen LogP contribution in [-0.4, -0.2) is 16.4 Å². The third kappa shape index (κ3) is 2.72. The Kier molecular flexibility index (Phi) is 3.63. The first-order valence-electron chi connectivity index (χ1n) is 6.43. The van der Waals surface area contributed by atoms with E-state index in [0.29, 0.717) is 5.92 Å². The van der Waals surface area contributed by atoms with Crippen LogP contribution in [0.25, 0.3) is 0 Å². The number of benzene rings is 1. The number of carbonyl (C=O) groups is 1. The van der Waals surface area contributed by atoms with Crippen LogP contribution in [0, 0.1) is 16.0 Å². The topological polar surface area (TPSA) is 110 Å². The molecule has 0 unspecified atom stereocenters. The molecule has 0 aliphatic heterocycles. The Bertz CT molecular complexity index is 553. The second kappa shape index (κ2) is 5.09. The quantitative estimate of drug-likeness (QED) is 0.432. The normalized spacial score (nSPS) is 14.8. The van der Waals surface area contributed by atoms with Crippen molar-refractivity contribution in [2.24, 2.45) is 11.8 Å². The van der Waals surface area contributed by atoms with Crippen LogP contribution in [0.2, 0.25) is 0 Å². The first-order chi connectivity index (χ1) is 9.36. The van der Waals surface area contributed by atoms with Gasteiger partial charge in [0.2, 0.25) is 0 Å². The highest BCUT2D eigenvalue weighted by molar-refractivity contribution is 6.01. The molecule has 0 saturated heterocycles. The van der Waals surface area contributed by atoms with Gasteiger partial charge in [-0.05, 0) is 38.7 Å². The minimum absolute atomic E-state index is 0.0293. The molecule has 1 fully saturated rings. The van der Waals surface area contributed by atoms with Gasteiger partial charge in [-0.1, -0.05) is 6.07 Å². The van der Waals surface area contributed by atoms with Crippen molar-refractivity contribution in [3.63, 3.8) is 0 Å². The monoisotopic (exact) mass is 278 g/mol. The van der Waals surface area contributed by atoms with Gasteiger partial charge in [-0.15, -0.1) is 0 Å². The molecule has 108 valence electrons. The molecule has 7 nitrogen and oxygen atoms in total. The molecule has 1 aromatic carbocycles. The summed E-state index contributed by atoms with van der Waals surface area (Å²) in [5.41, 5.74) is 1.92. The van der Waals surface area contributed by atoms with E-state index in [-0.39, 0.29) is 28.4 Å². The number of para-hydroxylation sites is 1. The number of hydrazine groups is 1. The van der Waals surface area contributed by atoms with Gasteiger partial charge in [0, 0.05) is 11.6 Å². The lowest BCUT2D eigenvalue weighted by Crippen LogP contribution is -2.45. The highest BCUT2D eigenvalue weighted by Gasteiger charge is 2.39. The van der Waals surface area contributed by atoms with Gasteiger partial charge >= 0.3 is 0 Å². The molecule has 2 rings (SSSR count). The molecule has 0 bridgehead atoms. The summed E-state index contributed by atoms with van der Waals surface area (Å²) >= 11 is 0. The molecule has 1 saturated carbocycles. The van der Waals surface area contributed by atoms with Crippen LogP contribution in [-0.2, 0) is 0 Å². The van der Waals surface area contributed by atoms with Crippen LogP contribution < -0.4 is 16.6 Å². The largest absolute Gasteiger partial charge is 0.347 e. The molecular formula is C13H18N4O3. The highest BCUT2D eigenvalue weighted by Crippen LogP contribution is 2.39. The Morgan fingerprint density at radius 1 is 1.45 bits per heavy atom. The van der Waals surface area contributed by atoms with Crippen molar-refractivity contribution in [1.29, 1.82) is 0 Å². The van der Waals surface area contributed by atoms with Crippen molar-refractivity contribution >= 4 is 17.3 Å². The van der Waals surface area contributed by atoms with Crippen LogP contribution >= 0.6 is 0 Å². The van der Waals surface area contributed by atoms with Gasteiger partial charge in [0.25, 0.3) is 11.6 Å². The molecule has 0 atom stereocenters. The molecule has 1 aliphatic carbocycles.